The van der Waals surface area contributed by atoms with E-state index >= 15 is 0 Å². The number of nitro groups is 1. The number of hydrogen-bond donors (Lipinski definition) is 1. The molecule has 3 aromatic carbocycles. The minimum Gasteiger partial charge on any atom is -0.495 e. The molecule has 0 bridgehead atoms. The van der Waals surface area contributed by atoms with Crippen molar-refractivity contribution >= 4 is 28.1 Å². The van der Waals surface area contributed by atoms with Crippen LogP contribution in [0.1, 0.15) is 5.56 Å². The Bertz CT molecular complexity index is 953. The minimum absolute atomic E-state index is 0.109. The first kappa shape index (κ1) is 16.4. The molecule has 0 heterocycles. The number of amides is 1. The SMILES string of the molecule is COc1ccc([N+](=O)[O-])cc1NC(=O)Cc1ccc2ccccc2c1. The summed E-state index contributed by atoms with van der Waals surface area (Å²) in [6.07, 6.45) is 0.163. The van der Waals surface area contributed by atoms with E-state index < -0.39 is 4.92 Å². The van der Waals surface area contributed by atoms with Crippen molar-refractivity contribution in [3.8, 4) is 5.75 Å². The number of rotatable bonds is 5. The average Bonchev–Trinajstić information content (AvgIpc) is 2.61. The van der Waals surface area contributed by atoms with Crippen molar-refractivity contribution in [2.45, 2.75) is 6.42 Å². The molecule has 126 valence electrons. The van der Waals surface area contributed by atoms with Crippen LogP contribution in [-0.2, 0) is 11.2 Å². The number of benzene rings is 3. The van der Waals surface area contributed by atoms with Gasteiger partial charge >= 0.3 is 0 Å². The number of hydrogen-bond acceptors (Lipinski definition) is 4. The summed E-state index contributed by atoms with van der Waals surface area (Å²) in [6.45, 7) is 0. The van der Waals surface area contributed by atoms with E-state index in [1.807, 2.05) is 42.5 Å². The number of fused-ring (bicyclic) bond motifs is 1. The van der Waals surface area contributed by atoms with Crippen LogP contribution in [0.25, 0.3) is 10.8 Å². The fourth-order valence-electron chi connectivity index (χ4n) is 2.64. The fourth-order valence-corrected chi connectivity index (χ4v) is 2.64. The van der Waals surface area contributed by atoms with E-state index in [1.54, 1.807) is 0 Å². The standard InChI is InChI=1S/C19H16N2O4/c1-25-18-9-8-16(21(23)24)12-17(18)20-19(22)11-13-6-7-14-4-2-3-5-15(14)10-13/h2-10,12H,11H2,1H3,(H,20,22). The van der Waals surface area contributed by atoms with Gasteiger partial charge in [0.2, 0.25) is 5.91 Å². The van der Waals surface area contributed by atoms with Gasteiger partial charge in [-0.15, -0.1) is 0 Å². The van der Waals surface area contributed by atoms with Gasteiger partial charge in [0.25, 0.3) is 5.69 Å². The number of non-ortho nitro benzene ring substituents is 1. The van der Waals surface area contributed by atoms with Crippen molar-refractivity contribution in [2.75, 3.05) is 12.4 Å². The Morgan fingerprint density at radius 3 is 2.56 bits per heavy atom. The number of nitro benzene ring substituents is 1. The molecule has 1 N–H and O–H groups in total. The van der Waals surface area contributed by atoms with Gasteiger partial charge in [0.1, 0.15) is 5.75 Å². The van der Waals surface area contributed by atoms with Crippen LogP contribution in [0.5, 0.6) is 5.75 Å². The predicted molar refractivity (Wildman–Crippen MR) is 95.9 cm³/mol. The number of nitrogens with one attached hydrogen (secondary N) is 1. The van der Waals surface area contributed by atoms with Gasteiger partial charge < -0.3 is 10.1 Å². The molecule has 0 atom stereocenters. The molecule has 6 nitrogen and oxygen atoms in total. The van der Waals surface area contributed by atoms with Crippen molar-refractivity contribution in [1.82, 2.24) is 0 Å². The molecule has 0 unspecified atom stereocenters. The van der Waals surface area contributed by atoms with Gasteiger partial charge in [0.15, 0.2) is 0 Å². The van der Waals surface area contributed by atoms with E-state index in [1.165, 1.54) is 25.3 Å². The molecule has 1 amide bonds. The molecule has 3 aromatic rings. The maximum absolute atomic E-state index is 12.3. The van der Waals surface area contributed by atoms with E-state index in [9.17, 15) is 14.9 Å². The second-order valence-corrected chi connectivity index (χ2v) is 5.55. The number of carbonyl (C=O) groups excluding carboxylic acids is 1. The first-order valence-electron chi connectivity index (χ1n) is 7.67. The lowest BCUT2D eigenvalue weighted by Crippen LogP contribution is -2.15. The molecular formula is C19H16N2O4. The summed E-state index contributed by atoms with van der Waals surface area (Å²) < 4.78 is 5.15. The summed E-state index contributed by atoms with van der Waals surface area (Å²) in [4.78, 5) is 22.7. The third-order valence-corrected chi connectivity index (χ3v) is 3.85. The molecule has 0 aromatic heterocycles. The lowest BCUT2D eigenvalue weighted by atomic mass is 10.0. The van der Waals surface area contributed by atoms with Gasteiger partial charge in [0, 0.05) is 12.1 Å². The number of nitrogens with zero attached hydrogens (tertiary/aromatic N) is 1. The van der Waals surface area contributed by atoms with Crippen LogP contribution < -0.4 is 10.1 Å². The van der Waals surface area contributed by atoms with Gasteiger partial charge in [-0.05, 0) is 22.4 Å². The van der Waals surface area contributed by atoms with E-state index in [0.29, 0.717) is 5.75 Å². The smallest absolute Gasteiger partial charge is 0.271 e. The summed E-state index contributed by atoms with van der Waals surface area (Å²) in [5.41, 5.74) is 1.03. The van der Waals surface area contributed by atoms with E-state index in [4.69, 9.17) is 4.74 Å². The third kappa shape index (κ3) is 3.74. The van der Waals surface area contributed by atoms with Crippen molar-refractivity contribution in [3.05, 3.63) is 76.3 Å². The van der Waals surface area contributed by atoms with Gasteiger partial charge in [-0.1, -0.05) is 42.5 Å². The maximum atomic E-state index is 12.3. The Morgan fingerprint density at radius 1 is 1.08 bits per heavy atom. The molecule has 0 saturated heterocycles. The minimum atomic E-state index is -0.515. The molecule has 6 heteroatoms. The van der Waals surface area contributed by atoms with Crippen LogP contribution >= 0.6 is 0 Å². The molecule has 25 heavy (non-hydrogen) atoms. The Labute approximate surface area is 144 Å². The van der Waals surface area contributed by atoms with Gasteiger partial charge in [-0.25, -0.2) is 0 Å². The zero-order chi connectivity index (χ0) is 17.8. The predicted octanol–water partition coefficient (Wildman–Crippen LogP) is 3.94. The summed E-state index contributed by atoms with van der Waals surface area (Å²) in [7, 11) is 1.44. The Hall–Kier alpha value is -3.41. The lowest BCUT2D eigenvalue weighted by Gasteiger charge is -2.10. The lowest BCUT2D eigenvalue weighted by molar-refractivity contribution is -0.384. The summed E-state index contributed by atoms with van der Waals surface area (Å²) in [6, 6.07) is 17.8. The van der Waals surface area contributed by atoms with Gasteiger partial charge in [-0.2, -0.15) is 0 Å². The Morgan fingerprint density at radius 2 is 1.84 bits per heavy atom. The molecule has 3 rings (SSSR count). The third-order valence-electron chi connectivity index (χ3n) is 3.85. The van der Waals surface area contributed by atoms with E-state index in [2.05, 4.69) is 5.32 Å². The maximum Gasteiger partial charge on any atom is 0.271 e. The topological polar surface area (TPSA) is 81.5 Å². The second kappa shape index (κ2) is 7.00. The number of ether oxygens (including phenoxy) is 1. The quantitative estimate of drug-likeness (QED) is 0.565. The van der Waals surface area contributed by atoms with Crippen LogP contribution in [0.3, 0.4) is 0 Å². The van der Waals surface area contributed by atoms with Crippen LogP contribution in [0.4, 0.5) is 11.4 Å². The molecule has 0 aliphatic carbocycles. The summed E-state index contributed by atoms with van der Waals surface area (Å²) in [5, 5.41) is 15.8. The monoisotopic (exact) mass is 336 g/mol. The normalized spacial score (nSPS) is 10.4. The summed E-state index contributed by atoms with van der Waals surface area (Å²) in [5.74, 6) is 0.103. The fraction of sp³-hybridized carbons (Fsp3) is 0.105. The number of anilines is 1. The van der Waals surface area contributed by atoms with Crippen molar-refractivity contribution < 1.29 is 14.5 Å². The van der Waals surface area contributed by atoms with Crippen LogP contribution in [0.15, 0.2) is 60.7 Å². The van der Waals surface area contributed by atoms with Gasteiger partial charge in [-0.3, -0.25) is 14.9 Å². The van der Waals surface area contributed by atoms with Gasteiger partial charge in [0.05, 0.1) is 24.1 Å². The zero-order valence-electron chi connectivity index (χ0n) is 13.6. The number of methoxy groups -OCH3 is 1. The second-order valence-electron chi connectivity index (χ2n) is 5.55. The largest absolute Gasteiger partial charge is 0.495 e. The highest BCUT2D eigenvalue weighted by Gasteiger charge is 2.14. The molecule has 0 spiro atoms. The van der Waals surface area contributed by atoms with Crippen LogP contribution in [0, 0.1) is 10.1 Å². The van der Waals surface area contributed by atoms with Crippen molar-refractivity contribution in [1.29, 1.82) is 0 Å². The first-order valence-corrected chi connectivity index (χ1v) is 7.67. The van der Waals surface area contributed by atoms with E-state index in [-0.39, 0.29) is 23.7 Å². The summed E-state index contributed by atoms with van der Waals surface area (Å²) >= 11 is 0. The van der Waals surface area contributed by atoms with Crippen LogP contribution in [0.2, 0.25) is 0 Å². The number of carbonyl (C=O) groups is 1. The zero-order valence-corrected chi connectivity index (χ0v) is 13.6. The molecule has 0 radical (unpaired) electrons. The average molecular weight is 336 g/mol. The highest BCUT2D eigenvalue weighted by molar-refractivity contribution is 5.95. The van der Waals surface area contributed by atoms with E-state index in [0.717, 1.165) is 16.3 Å². The Kier molecular flexibility index (Phi) is 4.61. The molecule has 0 aliphatic rings. The molecular weight excluding hydrogens is 320 g/mol. The Balaban J connectivity index is 1.79. The van der Waals surface area contributed by atoms with Crippen molar-refractivity contribution in [3.63, 3.8) is 0 Å². The first-order chi connectivity index (χ1) is 12.1. The molecule has 0 fully saturated rings. The van der Waals surface area contributed by atoms with Crippen molar-refractivity contribution in [2.24, 2.45) is 0 Å². The molecule has 0 aliphatic heterocycles. The highest BCUT2D eigenvalue weighted by Crippen LogP contribution is 2.29. The van der Waals surface area contributed by atoms with Crippen LogP contribution in [-0.4, -0.2) is 17.9 Å². The highest BCUT2D eigenvalue weighted by atomic mass is 16.6. The molecule has 0 saturated carbocycles.